The summed E-state index contributed by atoms with van der Waals surface area (Å²) in [5, 5.41) is 0.450. The number of aromatic nitrogens is 2. The molecule has 0 saturated heterocycles. The second-order valence-corrected chi connectivity index (χ2v) is 4.53. The van der Waals surface area contributed by atoms with Gasteiger partial charge in [-0.05, 0) is 18.1 Å². The maximum absolute atomic E-state index is 5.93. The van der Waals surface area contributed by atoms with Gasteiger partial charge in [0, 0.05) is 12.5 Å². The highest BCUT2D eigenvalue weighted by atomic mass is 35.5. The molecule has 2 heterocycles. The molecule has 1 aromatic carbocycles. The zero-order valence-electron chi connectivity index (χ0n) is 9.35. The van der Waals surface area contributed by atoms with E-state index >= 15 is 0 Å². The van der Waals surface area contributed by atoms with Gasteiger partial charge in [0.2, 0.25) is 0 Å². The minimum absolute atomic E-state index is 0.0494. The number of para-hydroxylation sites is 1. The van der Waals surface area contributed by atoms with Crippen LogP contribution in [0.2, 0.25) is 5.15 Å². The molecule has 86 valence electrons. The molecule has 0 radical (unpaired) electrons. The predicted octanol–water partition coefficient (Wildman–Crippen LogP) is 3.11. The number of halogens is 1. The first-order valence-electron chi connectivity index (χ1n) is 5.46. The minimum atomic E-state index is -0.0494. The van der Waals surface area contributed by atoms with Gasteiger partial charge in [-0.1, -0.05) is 29.8 Å². The number of hydrogen-bond acceptors (Lipinski definition) is 3. The van der Waals surface area contributed by atoms with Crippen molar-refractivity contribution in [1.29, 1.82) is 0 Å². The van der Waals surface area contributed by atoms with Crippen LogP contribution in [-0.2, 0) is 6.42 Å². The summed E-state index contributed by atoms with van der Waals surface area (Å²) in [5.41, 5.74) is 3.22. The molecule has 0 aliphatic carbocycles. The Morgan fingerprint density at radius 3 is 3.00 bits per heavy atom. The van der Waals surface area contributed by atoms with Crippen molar-refractivity contribution in [3.8, 4) is 5.75 Å². The van der Waals surface area contributed by atoms with Crippen molar-refractivity contribution in [3.05, 3.63) is 52.6 Å². The van der Waals surface area contributed by atoms with Crippen LogP contribution in [0.4, 0.5) is 0 Å². The Labute approximate surface area is 104 Å². The Kier molecular flexibility index (Phi) is 2.48. The van der Waals surface area contributed by atoms with Gasteiger partial charge < -0.3 is 4.74 Å². The highest BCUT2D eigenvalue weighted by Crippen LogP contribution is 2.38. The lowest BCUT2D eigenvalue weighted by Crippen LogP contribution is -2.06. The van der Waals surface area contributed by atoms with Crippen LogP contribution in [0.3, 0.4) is 0 Å². The molecule has 0 fully saturated rings. The largest absolute Gasteiger partial charge is 0.483 e. The van der Waals surface area contributed by atoms with E-state index in [-0.39, 0.29) is 6.10 Å². The Morgan fingerprint density at radius 2 is 2.24 bits per heavy atom. The summed E-state index contributed by atoms with van der Waals surface area (Å²) >= 11 is 5.86. The molecule has 3 nitrogen and oxygen atoms in total. The first-order valence-corrected chi connectivity index (χ1v) is 5.84. The Bertz CT molecular complexity index is 571. The zero-order chi connectivity index (χ0) is 11.8. The molecule has 2 aromatic rings. The maximum atomic E-state index is 5.93. The maximum Gasteiger partial charge on any atom is 0.145 e. The van der Waals surface area contributed by atoms with Gasteiger partial charge in [0.25, 0.3) is 0 Å². The molecule has 1 aromatic heterocycles. The van der Waals surface area contributed by atoms with Gasteiger partial charge in [0.15, 0.2) is 0 Å². The molecular weight excluding hydrogens is 236 g/mol. The molecule has 3 rings (SSSR count). The van der Waals surface area contributed by atoms with Crippen molar-refractivity contribution in [1.82, 2.24) is 9.97 Å². The lowest BCUT2D eigenvalue weighted by Gasteiger charge is -2.10. The van der Waals surface area contributed by atoms with Crippen molar-refractivity contribution in [2.45, 2.75) is 19.4 Å². The van der Waals surface area contributed by atoms with Crippen LogP contribution in [-0.4, -0.2) is 9.97 Å². The average Bonchev–Trinajstić information content (AvgIpc) is 2.74. The fourth-order valence-electron chi connectivity index (χ4n) is 2.11. The van der Waals surface area contributed by atoms with Crippen LogP contribution in [0.5, 0.6) is 5.75 Å². The highest BCUT2D eigenvalue weighted by molar-refractivity contribution is 6.29. The fraction of sp³-hybridized carbons (Fsp3) is 0.231. The first-order chi connectivity index (χ1) is 8.24. The zero-order valence-corrected chi connectivity index (χ0v) is 10.1. The molecule has 17 heavy (non-hydrogen) atoms. The number of ether oxygens (including phenoxy) is 1. The third-order valence-electron chi connectivity index (χ3n) is 2.94. The topological polar surface area (TPSA) is 35.0 Å². The summed E-state index contributed by atoms with van der Waals surface area (Å²) in [5.74, 6) is 0.979. The van der Waals surface area contributed by atoms with Gasteiger partial charge in [0.1, 0.15) is 23.3 Å². The lowest BCUT2D eigenvalue weighted by atomic mass is 10.1. The molecular formula is C13H11ClN2O. The van der Waals surface area contributed by atoms with E-state index < -0.39 is 0 Å². The van der Waals surface area contributed by atoms with E-state index in [0.29, 0.717) is 5.15 Å². The van der Waals surface area contributed by atoms with Crippen molar-refractivity contribution in [2.24, 2.45) is 0 Å². The highest BCUT2D eigenvalue weighted by Gasteiger charge is 2.26. The molecule has 0 bridgehead atoms. The number of nitrogens with zero attached hydrogens (tertiary/aromatic N) is 2. The van der Waals surface area contributed by atoms with Crippen LogP contribution in [0.25, 0.3) is 0 Å². The normalized spacial score (nSPS) is 17.6. The second-order valence-electron chi connectivity index (χ2n) is 4.14. The standard InChI is InChI=1S/C13H11ClN2O/c1-8-3-2-4-9-5-11(17-13(8)9)10-6-12(14)16-7-15-10/h2-4,6-7,11H,5H2,1H3. The van der Waals surface area contributed by atoms with Crippen LogP contribution >= 0.6 is 11.6 Å². The van der Waals surface area contributed by atoms with Crippen LogP contribution in [0.1, 0.15) is 22.9 Å². The summed E-state index contributed by atoms with van der Waals surface area (Å²) in [6.45, 7) is 2.05. The number of rotatable bonds is 1. The van der Waals surface area contributed by atoms with E-state index in [4.69, 9.17) is 16.3 Å². The van der Waals surface area contributed by atoms with Gasteiger partial charge in [-0.15, -0.1) is 0 Å². The third-order valence-corrected chi connectivity index (χ3v) is 3.15. The first kappa shape index (κ1) is 10.5. The summed E-state index contributed by atoms with van der Waals surface area (Å²) < 4.78 is 5.93. The van der Waals surface area contributed by atoms with Crippen molar-refractivity contribution in [3.63, 3.8) is 0 Å². The molecule has 0 amide bonds. The number of hydrogen-bond donors (Lipinski definition) is 0. The van der Waals surface area contributed by atoms with E-state index in [1.165, 1.54) is 11.9 Å². The summed E-state index contributed by atoms with van der Waals surface area (Å²) in [6.07, 6.45) is 2.26. The quantitative estimate of drug-likeness (QED) is 0.726. The molecule has 0 saturated carbocycles. The second kappa shape index (κ2) is 4.00. The van der Waals surface area contributed by atoms with E-state index in [0.717, 1.165) is 23.4 Å². The summed E-state index contributed by atoms with van der Waals surface area (Å²) in [4.78, 5) is 8.09. The molecule has 1 aliphatic heterocycles. The van der Waals surface area contributed by atoms with E-state index in [2.05, 4.69) is 16.0 Å². The van der Waals surface area contributed by atoms with E-state index in [9.17, 15) is 0 Å². The van der Waals surface area contributed by atoms with Gasteiger partial charge >= 0.3 is 0 Å². The van der Waals surface area contributed by atoms with Gasteiger partial charge in [-0.3, -0.25) is 0 Å². The average molecular weight is 247 g/mol. The number of fused-ring (bicyclic) bond motifs is 1. The van der Waals surface area contributed by atoms with Crippen molar-refractivity contribution >= 4 is 11.6 Å². The van der Waals surface area contributed by atoms with Gasteiger partial charge in [-0.2, -0.15) is 0 Å². The monoisotopic (exact) mass is 246 g/mol. The molecule has 1 aliphatic rings. The minimum Gasteiger partial charge on any atom is -0.483 e. The Morgan fingerprint density at radius 1 is 1.35 bits per heavy atom. The predicted molar refractivity (Wildman–Crippen MR) is 65.3 cm³/mol. The number of benzene rings is 1. The van der Waals surface area contributed by atoms with Crippen molar-refractivity contribution < 1.29 is 4.74 Å². The third kappa shape index (κ3) is 1.87. The van der Waals surface area contributed by atoms with Crippen molar-refractivity contribution in [2.75, 3.05) is 0 Å². The smallest absolute Gasteiger partial charge is 0.145 e. The van der Waals surface area contributed by atoms with Crippen LogP contribution in [0, 0.1) is 6.92 Å². The van der Waals surface area contributed by atoms with Gasteiger partial charge in [-0.25, -0.2) is 9.97 Å². The molecule has 4 heteroatoms. The fourth-order valence-corrected chi connectivity index (χ4v) is 2.27. The van der Waals surface area contributed by atoms with Crippen LogP contribution < -0.4 is 4.74 Å². The lowest BCUT2D eigenvalue weighted by molar-refractivity contribution is 0.232. The number of aryl methyl sites for hydroxylation is 1. The van der Waals surface area contributed by atoms with E-state index in [1.807, 2.05) is 19.1 Å². The Hall–Kier alpha value is -1.61. The van der Waals surface area contributed by atoms with Gasteiger partial charge in [0.05, 0.1) is 5.69 Å². The Balaban J connectivity index is 1.94. The summed E-state index contributed by atoms with van der Waals surface area (Å²) in [7, 11) is 0. The SMILES string of the molecule is Cc1cccc2c1OC(c1cc(Cl)ncn1)C2. The molecule has 1 atom stereocenters. The summed E-state index contributed by atoms with van der Waals surface area (Å²) in [6, 6.07) is 7.94. The van der Waals surface area contributed by atoms with Crippen LogP contribution in [0.15, 0.2) is 30.6 Å². The molecule has 1 unspecified atom stereocenters. The molecule has 0 N–H and O–H groups in total. The molecule has 0 spiro atoms. The van der Waals surface area contributed by atoms with E-state index in [1.54, 1.807) is 6.07 Å².